The molecule has 0 spiro atoms. The zero-order chi connectivity index (χ0) is 18.1. The molecule has 0 saturated carbocycles. The molecule has 1 aliphatic rings. The number of hydrogen-bond donors (Lipinski definition) is 1. The lowest BCUT2D eigenvalue weighted by atomic mass is 10.0. The molecule has 0 fully saturated rings. The number of halogens is 2. The van der Waals surface area contributed by atoms with E-state index < -0.39 is 0 Å². The molecule has 2 aromatic carbocycles. The molecule has 3 aromatic rings. The number of benzene rings is 2. The highest BCUT2D eigenvalue weighted by Crippen LogP contribution is 2.29. The fraction of sp³-hybridized carbons (Fsp3) is 0.100. The maximum atomic E-state index is 12.6. The lowest BCUT2D eigenvalue weighted by Crippen LogP contribution is -2.30. The van der Waals surface area contributed by atoms with E-state index in [2.05, 4.69) is 28.5 Å². The molecule has 26 heavy (non-hydrogen) atoms. The Kier molecular flexibility index (Phi) is 4.53. The number of nitrogens with one attached hydrogen (secondary N) is 1. The Morgan fingerprint density at radius 2 is 1.65 bits per heavy atom. The number of carbonyl (C=O) groups is 1. The molecule has 1 N–H and O–H groups in total. The smallest absolute Gasteiger partial charge is 0.316 e. The first-order valence-corrected chi connectivity index (χ1v) is 8.89. The van der Waals surface area contributed by atoms with Crippen LogP contribution in [-0.2, 0) is 13.1 Å². The maximum absolute atomic E-state index is 12.6. The van der Waals surface area contributed by atoms with Crippen LogP contribution >= 0.6 is 23.2 Å². The fourth-order valence-corrected chi connectivity index (χ4v) is 3.34. The summed E-state index contributed by atoms with van der Waals surface area (Å²) >= 11 is 11.9. The van der Waals surface area contributed by atoms with E-state index in [1.807, 2.05) is 12.1 Å². The van der Waals surface area contributed by atoms with Crippen LogP contribution in [0.4, 0.5) is 10.5 Å². The van der Waals surface area contributed by atoms with Gasteiger partial charge in [-0.05, 0) is 58.7 Å². The van der Waals surface area contributed by atoms with Crippen molar-refractivity contribution in [2.45, 2.75) is 13.1 Å². The van der Waals surface area contributed by atoms with E-state index in [9.17, 15) is 4.79 Å². The topological polar surface area (TPSA) is 45.2 Å². The van der Waals surface area contributed by atoms with Crippen molar-refractivity contribution in [3.8, 4) is 11.1 Å². The monoisotopic (exact) mass is 383 g/mol. The largest absolute Gasteiger partial charge is 0.322 e. The molecule has 130 valence electrons. The van der Waals surface area contributed by atoms with Crippen LogP contribution in [0, 0.1) is 0 Å². The van der Waals surface area contributed by atoms with Gasteiger partial charge in [-0.1, -0.05) is 35.3 Å². The average molecular weight is 384 g/mol. The number of aromatic nitrogens is 1. The first kappa shape index (κ1) is 16.9. The Morgan fingerprint density at radius 1 is 0.885 bits per heavy atom. The van der Waals surface area contributed by atoms with Crippen molar-refractivity contribution < 1.29 is 4.79 Å². The summed E-state index contributed by atoms with van der Waals surface area (Å²) in [5.74, 6) is 0. The molecule has 0 radical (unpaired) electrons. The summed E-state index contributed by atoms with van der Waals surface area (Å²) < 4.78 is 0. The van der Waals surface area contributed by atoms with Gasteiger partial charge in [0.1, 0.15) is 0 Å². The molecule has 0 aliphatic carbocycles. The van der Waals surface area contributed by atoms with Gasteiger partial charge in [0.15, 0.2) is 0 Å². The predicted octanol–water partition coefficient (Wildman–Crippen LogP) is 5.60. The van der Waals surface area contributed by atoms with Crippen LogP contribution in [0.25, 0.3) is 11.1 Å². The number of pyridine rings is 1. The van der Waals surface area contributed by atoms with E-state index >= 15 is 0 Å². The van der Waals surface area contributed by atoms with Gasteiger partial charge in [0.25, 0.3) is 0 Å². The Hall–Kier alpha value is -2.56. The fourth-order valence-electron chi connectivity index (χ4n) is 3.04. The molecular formula is C20H15Cl2N3O. The van der Waals surface area contributed by atoms with Gasteiger partial charge in [0, 0.05) is 31.2 Å². The maximum Gasteiger partial charge on any atom is 0.322 e. The standard InChI is InChI=1S/C20H15Cl2N3O/c21-18-4-3-17(10-19(18)22)24-20(26)25-11-15-2-1-14(9-16(15)12-25)13-5-7-23-8-6-13/h1-10H,11-12H2,(H,24,26). The van der Waals surface area contributed by atoms with Crippen LogP contribution < -0.4 is 5.32 Å². The summed E-state index contributed by atoms with van der Waals surface area (Å²) in [6.45, 7) is 1.15. The van der Waals surface area contributed by atoms with Crippen LogP contribution in [-0.4, -0.2) is 15.9 Å². The van der Waals surface area contributed by atoms with Crippen molar-refractivity contribution in [3.63, 3.8) is 0 Å². The summed E-state index contributed by atoms with van der Waals surface area (Å²) in [6, 6.07) is 15.1. The quantitative estimate of drug-likeness (QED) is 0.625. The minimum atomic E-state index is -0.162. The predicted molar refractivity (Wildman–Crippen MR) is 104 cm³/mol. The van der Waals surface area contributed by atoms with Crippen molar-refractivity contribution in [2.24, 2.45) is 0 Å². The highest BCUT2D eigenvalue weighted by atomic mass is 35.5. The lowest BCUT2D eigenvalue weighted by Gasteiger charge is -2.16. The van der Waals surface area contributed by atoms with Crippen LogP contribution in [0.5, 0.6) is 0 Å². The van der Waals surface area contributed by atoms with E-state index in [0.717, 1.165) is 22.3 Å². The zero-order valence-corrected chi connectivity index (χ0v) is 15.3. The Morgan fingerprint density at radius 3 is 2.42 bits per heavy atom. The molecule has 1 aromatic heterocycles. The summed E-state index contributed by atoms with van der Waals surface area (Å²) in [5.41, 5.74) is 5.17. The third-order valence-electron chi connectivity index (χ3n) is 4.40. The number of nitrogens with zero attached hydrogens (tertiary/aromatic N) is 2. The summed E-state index contributed by atoms with van der Waals surface area (Å²) in [5, 5.41) is 3.74. The molecule has 0 bridgehead atoms. The average Bonchev–Trinajstić information content (AvgIpc) is 3.09. The molecule has 2 heterocycles. The van der Waals surface area contributed by atoms with Gasteiger partial charge in [-0.2, -0.15) is 0 Å². The third kappa shape index (κ3) is 3.39. The zero-order valence-electron chi connectivity index (χ0n) is 13.7. The number of amides is 2. The highest BCUT2D eigenvalue weighted by molar-refractivity contribution is 6.42. The van der Waals surface area contributed by atoms with Crippen molar-refractivity contribution in [3.05, 3.63) is 82.1 Å². The SMILES string of the molecule is O=C(Nc1ccc(Cl)c(Cl)c1)N1Cc2ccc(-c3ccncc3)cc2C1. The molecule has 6 heteroatoms. The lowest BCUT2D eigenvalue weighted by molar-refractivity contribution is 0.212. The van der Waals surface area contributed by atoms with Gasteiger partial charge < -0.3 is 10.2 Å². The number of anilines is 1. The number of rotatable bonds is 2. The third-order valence-corrected chi connectivity index (χ3v) is 5.14. The first-order chi connectivity index (χ1) is 12.6. The molecule has 0 atom stereocenters. The van der Waals surface area contributed by atoms with E-state index in [0.29, 0.717) is 28.8 Å². The van der Waals surface area contributed by atoms with Crippen molar-refractivity contribution in [1.82, 2.24) is 9.88 Å². The van der Waals surface area contributed by atoms with E-state index in [4.69, 9.17) is 23.2 Å². The number of carbonyl (C=O) groups excluding carboxylic acids is 1. The minimum Gasteiger partial charge on any atom is -0.316 e. The molecule has 2 amide bonds. The second-order valence-electron chi connectivity index (χ2n) is 6.13. The van der Waals surface area contributed by atoms with E-state index in [1.54, 1.807) is 35.5 Å². The van der Waals surface area contributed by atoms with Crippen LogP contribution in [0.3, 0.4) is 0 Å². The Labute approximate surface area is 161 Å². The molecule has 0 unspecified atom stereocenters. The number of hydrogen-bond acceptors (Lipinski definition) is 2. The van der Waals surface area contributed by atoms with Gasteiger partial charge >= 0.3 is 6.03 Å². The minimum absolute atomic E-state index is 0.162. The summed E-state index contributed by atoms with van der Waals surface area (Å²) in [4.78, 5) is 18.4. The van der Waals surface area contributed by atoms with Gasteiger partial charge in [-0.3, -0.25) is 4.98 Å². The van der Waals surface area contributed by atoms with Crippen molar-refractivity contribution in [1.29, 1.82) is 0 Å². The highest BCUT2D eigenvalue weighted by Gasteiger charge is 2.23. The van der Waals surface area contributed by atoms with Gasteiger partial charge in [0.05, 0.1) is 10.0 Å². The van der Waals surface area contributed by atoms with Crippen LogP contribution in [0.15, 0.2) is 60.9 Å². The Balaban J connectivity index is 1.49. The normalized spacial score (nSPS) is 12.8. The summed E-state index contributed by atoms with van der Waals surface area (Å²) in [6.07, 6.45) is 3.55. The molecule has 1 aliphatic heterocycles. The van der Waals surface area contributed by atoms with Crippen LogP contribution in [0.2, 0.25) is 10.0 Å². The van der Waals surface area contributed by atoms with E-state index in [1.165, 1.54) is 0 Å². The second kappa shape index (κ2) is 6.98. The number of fused-ring (bicyclic) bond motifs is 1. The second-order valence-corrected chi connectivity index (χ2v) is 6.95. The Bertz CT molecular complexity index is 976. The first-order valence-electron chi connectivity index (χ1n) is 8.13. The molecule has 4 nitrogen and oxygen atoms in total. The van der Waals surface area contributed by atoms with Crippen molar-refractivity contribution in [2.75, 3.05) is 5.32 Å². The molecule has 4 rings (SSSR count). The number of urea groups is 1. The van der Waals surface area contributed by atoms with Gasteiger partial charge in [0.2, 0.25) is 0 Å². The molecular weight excluding hydrogens is 369 g/mol. The molecule has 0 saturated heterocycles. The van der Waals surface area contributed by atoms with E-state index in [-0.39, 0.29) is 6.03 Å². The van der Waals surface area contributed by atoms with Gasteiger partial charge in [-0.15, -0.1) is 0 Å². The van der Waals surface area contributed by atoms with Crippen molar-refractivity contribution >= 4 is 34.9 Å². The van der Waals surface area contributed by atoms with Crippen LogP contribution in [0.1, 0.15) is 11.1 Å². The van der Waals surface area contributed by atoms with Gasteiger partial charge in [-0.25, -0.2) is 4.79 Å². The summed E-state index contributed by atoms with van der Waals surface area (Å²) in [7, 11) is 0.